The molecule has 2 aromatic rings. The zero-order chi connectivity index (χ0) is 18.2. The number of hydrogen-bond donors (Lipinski definition) is 1. The van der Waals surface area contributed by atoms with Crippen LogP contribution in [0.3, 0.4) is 0 Å². The van der Waals surface area contributed by atoms with Gasteiger partial charge in [-0.2, -0.15) is 0 Å². The van der Waals surface area contributed by atoms with Crippen LogP contribution in [-0.4, -0.2) is 25.7 Å². The minimum atomic E-state index is -0.0496. The lowest BCUT2D eigenvalue weighted by Crippen LogP contribution is -2.24. The Hall–Kier alpha value is -2.49. The maximum absolute atomic E-state index is 12.2. The summed E-state index contributed by atoms with van der Waals surface area (Å²) in [5.74, 6) is 1.63. The Morgan fingerprint density at radius 2 is 1.84 bits per heavy atom. The molecule has 2 rings (SSSR count). The summed E-state index contributed by atoms with van der Waals surface area (Å²) in [5, 5.41) is 2.97. The number of hydrogen-bond acceptors (Lipinski definition) is 3. The molecule has 0 fully saturated rings. The van der Waals surface area contributed by atoms with Gasteiger partial charge in [-0.3, -0.25) is 4.79 Å². The second-order valence-corrected chi connectivity index (χ2v) is 6.35. The van der Waals surface area contributed by atoms with Gasteiger partial charge in [-0.1, -0.05) is 12.1 Å². The number of rotatable bonds is 8. The standard InChI is InChI=1S/C21H27NO3/c1-15(2)25-19-10-7-17(8-11-19)6-5-13-22-21(23)18-9-12-20(24-4)16(3)14-18/h7-12,14-15H,5-6,13H2,1-4H3,(H,22,23). The minimum absolute atomic E-state index is 0.0496. The van der Waals surface area contributed by atoms with Crippen LogP contribution in [0.5, 0.6) is 11.5 Å². The number of carbonyl (C=O) groups excluding carboxylic acids is 1. The molecule has 25 heavy (non-hydrogen) atoms. The van der Waals surface area contributed by atoms with Crippen LogP contribution in [0.25, 0.3) is 0 Å². The summed E-state index contributed by atoms with van der Waals surface area (Å²) >= 11 is 0. The molecule has 134 valence electrons. The molecule has 0 bridgehead atoms. The van der Waals surface area contributed by atoms with Gasteiger partial charge >= 0.3 is 0 Å². The molecular formula is C21H27NO3. The maximum atomic E-state index is 12.2. The van der Waals surface area contributed by atoms with Crippen molar-refractivity contribution in [2.45, 2.75) is 39.7 Å². The van der Waals surface area contributed by atoms with Crippen molar-refractivity contribution in [2.24, 2.45) is 0 Å². The van der Waals surface area contributed by atoms with Crippen LogP contribution in [0.1, 0.15) is 41.8 Å². The fraction of sp³-hybridized carbons (Fsp3) is 0.381. The molecule has 4 heteroatoms. The van der Waals surface area contributed by atoms with Crippen LogP contribution in [0, 0.1) is 6.92 Å². The molecule has 2 aromatic carbocycles. The predicted molar refractivity (Wildman–Crippen MR) is 101 cm³/mol. The van der Waals surface area contributed by atoms with Gasteiger partial charge in [0.05, 0.1) is 13.2 Å². The summed E-state index contributed by atoms with van der Waals surface area (Å²) < 4.78 is 10.9. The summed E-state index contributed by atoms with van der Waals surface area (Å²) in [5.41, 5.74) is 2.86. The molecule has 1 amide bonds. The van der Waals surface area contributed by atoms with Crippen molar-refractivity contribution < 1.29 is 14.3 Å². The Kier molecular flexibility index (Phi) is 6.87. The lowest BCUT2D eigenvalue weighted by molar-refractivity contribution is 0.0953. The van der Waals surface area contributed by atoms with E-state index in [-0.39, 0.29) is 12.0 Å². The predicted octanol–water partition coefficient (Wildman–Crippen LogP) is 4.15. The fourth-order valence-electron chi connectivity index (χ4n) is 2.62. The molecule has 0 heterocycles. The van der Waals surface area contributed by atoms with E-state index in [2.05, 4.69) is 17.4 Å². The summed E-state index contributed by atoms with van der Waals surface area (Å²) in [7, 11) is 1.63. The number of ether oxygens (including phenoxy) is 2. The van der Waals surface area contributed by atoms with Gasteiger partial charge in [0.25, 0.3) is 5.91 Å². The average molecular weight is 341 g/mol. The van der Waals surface area contributed by atoms with Crippen LogP contribution < -0.4 is 14.8 Å². The highest BCUT2D eigenvalue weighted by molar-refractivity contribution is 5.94. The van der Waals surface area contributed by atoms with Gasteiger partial charge in [-0.15, -0.1) is 0 Å². The third kappa shape index (κ3) is 5.82. The molecule has 0 aliphatic heterocycles. The molecule has 0 radical (unpaired) electrons. The summed E-state index contributed by atoms with van der Waals surface area (Å²) in [6.07, 6.45) is 2.00. The monoisotopic (exact) mass is 341 g/mol. The van der Waals surface area contributed by atoms with Gasteiger partial charge in [0.15, 0.2) is 0 Å². The Labute approximate surface area is 150 Å². The molecule has 0 aliphatic rings. The van der Waals surface area contributed by atoms with E-state index in [4.69, 9.17) is 9.47 Å². The molecule has 0 saturated carbocycles. The van der Waals surface area contributed by atoms with Crippen LogP contribution in [0.15, 0.2) is 42.5 Å². The number of carbonyl (C=O) groups is 1. The molecule has 0 atom stereocenters. The van der Waals surface area contributed by atoms with E-state index < -0.39 is 0 Å². The topological polar surface area (TPSA) is 47.6 Å². The third-order valence-corrected chi connectivity index (χ3v) is 3.88. The van der Waals surface area contributed by atoms with E-state index in [1.165, 1.54) is 5.56 Å². The number of amides is 1. The van der Waals surface area contributed by atoms with E-state index in [0.717, 1.165) is 29.9 Å². The molecule has 0 aromatic heterocycles. The SMILES string of the molecule is COc1ccc(C(=O)NCCCc2ccc(OC(C)C)cc2)cc1C. The zero-order valence-electron chi connectivity index (χ0n) is 15.5. The van der Waals surface area contributed by atoms with E-state index in [1.54, 1.807) is 13.2 Å². The van der Waals surface area contributed by atoms with Crippen molar-refractivity contribution in [3.8, 4) is 11.5 Å². The summed E-state index contributed by atoms with van der Waals surface area (Å²) in [4.78, 5) is 12.2. The van der Waals surface area contributed by atoms with Gasteiger partial charge in [0.1, 0.15) is 11.5 Å². The highest BCUT2D eigenvalue weighted by Crippen LogP contribution is 2.18. The molecule has 0 aliphatic carbocycles. The van der Waals surface area contributed by atoms with Gasteiger partial charge in [0, 0.05) is 12.1 Å². The lowest BCUT2D eigenvalue weighted by atomic mass is 10.1. The quantitative estimate of drug-likeness (QED) is 0.734. The van der Waals surface area contributed by atoms with Crippen molar-refractivity contribution >= 4 is 5.91 Å². The van der Waals surface area contributed by atoms with E-state index in [0.29, 0.717) is 12.1 Å². The van der Waals surface area contributed by atoms with Gasteiger partial charge in [-0.25, -0.2) is 0 Å². The molecule has 0 saturated heterocycles. The van der Waals surface area contributed by atoms with Crippen LogP contribution in [-0.2, 0) is 6.42 Å². The van der Waals surface area contributed by atoms with E-state index >= 15 is 0 Å². The Bertz CT molecular complexity index is 693. The second kappa shape index (κ2) is 9.11. The highest BCUT2D eigenvalue weighted by Gasteiger charge is 2.07. The first-order valence-electron chi connectivity index (χ1n) is 8.68. The van der Waals surface area contributed by atoms with Crippen molar-refractivity contribution in [3.63, 3.8) is 0 Å². The zero-order valence-corrected chi connectivity index (χ0v) is 15.5. The van der Waals surface area contributed by atoms with Crippen molar-refractivity contribution in [3.05, 3.63) is 59.2 Å². The largest absolute Gasteiger partial charge is 0.496 e. The van der Waals surface area contributed by atoms with E-state index in [1.807, 2.05) is 45.0 Å². The first-order valence-corrected chi connectivity index (χ1v) is 8.68. The molecule has 4 nitrogen and oxygen atoms in total. The minimum Gasteiger partial charge on any atom is -0.496 e. The van der Waals surface area contributed by atoms with Crippen molar-refractivity contribution in [1.82, 2.24) is 5.32 Å². The summed E-state index contributed by atoms with van der Waals surface area (Å²) in [6, 6.07) is 13.6. The van der Waals surface area contributed by atoms with Crippen LogP contribution in [0.2, 0.25) is 0 Å². The fourth-order valence-corrected chi connectivity index (χ4v) is 2.62. The Balaban J connectivity index is 1.77. The maximum Gasteiger partial charge on any atom is 0.251 e. The molecular weight excluding hydrogens is 314 g/mol. The molecule has 0 spiro atoms. The van der Waals surface area contributed by atoms with Crippen molar-refractivity contribution in [1.29, 1.82) is 0 Å². The van der Waals surface area contributed by atoms with Crippen LogP contribution in [0.4, 0.5) is 0 Å². The first kappa shape index (κ1) is 18.8. The lowest BCUT2D eigenvalue weighted by Gasteiger charge is -2.10. The van der Waals surface area contributed by atoms with E-state index in [9.17, 15) is 4.79 Å². The third-order valence-electron chi connectivity index (χ3n) is 3.88. The highest BCUT2D eigenvalue weighted by atomic mass is 16.5. The van der Waals surface area contributed by atoms with Gasteiger partial charge < -0.3 is 14.8 Å². The van der Waals surface area contributed by atoms with Crippen molar-refractivity contribution in [2.75, 3.05) is 13.7 Å². The number of methoxy groups -OCH3 is 1. The van der Waals surface area contributed by atoms with Gasteiger partial charge in [-0.05, 0) is 75.1 Å². The van der Waals surface area contributed by atoms with Crippen LogP contribution >= 0.6 is 0 Å². The summed E-state index contributed by atoms with van der Waals surface area (Å²) in [6.45, 7) is 6.61. The first-order chi connectivity index (χ1) is 12.0. The Morgan fingerprint density at radius 1 is 1.12 bits per heavy atom. The average Bonchev–Trinajstić information content (AvgIpc) is 2.59. The Morgan fingerprint density at radius 3 is 2.44 bits per heavy atom. The number of benzene rings is 2. The molecule has 0 unspecified atom stereocenters. The number of nitrogens with one attached hydrogen (secondary N) is 1. The second-order valence-electron chi connectivity index (χ2n) is 6.35. The normalized spacial score (nSPS) is 10.6. The van der Waals surface area contributed by atoms with Gasteiger partial charge in [0.2, 0.25) is 0 Å². The number of aryl methyl sites for hydroxylation is 2. The molecule has 1 N–H and O–H groups in total. The smallest absolute Gasteiger partial charge is 0.251 e.